The van der Waals surface area contributed by atoms with Crippen molar-refractivity contribution in [2.75, 3.05) is 25.1 Å². The average Bonchev–Trinajstić information content (AvgIpc) is 3.55. The molecular weight excluding hydrogens is 342 g/mol. The average molecular weight is 373 g/mol. The highest BCUT2D eigenvalue weighted by Gasteiger charge is 2.33. The van der Waals surface area contributed by atoms with Crippen molar-refractivity contribution in [1.82, 2.24) is 10.3 Å². The molecule has 0 bridgehead atoms. The largest absolute Gasteiger partial charge is 0.465 e. The Bertz CT molecular complexity index is 671. The van der Waals surface area contributed by atoms with E-state index in [0.29, 0.717) is 29.9 Å². The van der Waals surface area contributed by atoms with Gasteiger partial charge in [-0.3, -0.25) is 0 Å². The van der Waals surface area contributed by atoms with E-state index in [1.54, 1.807) is 0 Å². The SMILES string of the molecule is COC(=O)c1cc(C2CC2)cnc1N1CCC(NC2CCCCC2)C(O)C1. The van der Waals surface area contributed by atoms with E-state index < -0.39 is 6.10 Å². The minimum Gasteiger partial charge on any atom is -0.465 e. The third kappa shape index (κ3) is 4.27. The van der Waals surface area contributed by atoms with Crippen LogP contribution in [-0.4, -0.2) is 54.4 Å². The molecule has 1 aromatic heterocycles. The minimum absolute atomic E-state index is 0.122. The number of carbonyl (C=O) groups is 1. The van der Waals surface area contributed by atoms with Gasteiger partial charge in [0.05, 0.1) is 13.2 Å². The lowest BCUT2D eigenvalue weighted by atomic mass is 9.92. The van der Waals surface area contributed by atoms with Crippen molar-refractivity contribution in [3.63, 3.8) is 0 Å². The van der Waals surface area contributed by atoms with Gasteiger partial charge in [0, 0.05) is 31.4 Å². The van der Waals surface area contributed by atoms with Crippen LogP contribution in [0.1, 0.15) is 73.2 Å². The molecule has 3 aliphatic rings. The van der Waals surface area contributed by atoms with Crippen molar-refractivity contribution >= 4 is 11.8 Å². The Morgan fingerprint density at radius 1 is 1.22 bits per heavy atom. The van der Waals surface area contributed by atoms with Crippen molar-refractivity contribution in [1.29, 1.82) is 0 Å². The molecule has 27 heavy (non-hydrogen) atoms. The molecule has 0 spiro atoms. The first-order valence-electron chi connectivity index (χ1n) is 10.4. The number of aliphatic hydroxyl groups excluding tert-OH is 1. The summed E-state index contributed by atoms with van der Waals surface area (Å²) < 4.78 is 4.99. The highest BCUT2D eigenvalue weighted by Crippen LogP contribution is 2.41. The summed E-state index contributed by atoms with van der Waals surface area (Å²) in [6.07, 6.45) is 10.9. The van der Waals surface area contributed by atoms with Gasteiger partial charge in [0.1, 0.15) is 11.4 Å². The van der Waals surface area contributed by atoms with Crippen molar-refractivity contribution in [3.05, 3.63) is 23.4 Å². The highest BCUT2D eigenvalue weighted by atomic mass is 16.5. The zero-order valence-corrected chi connectivity index (χ0v) is 16.2. The smallest absolute Gasteiger partial charge is 0.341 e. The molecule has 2 atom stereocenters. The van der Waals surface area contributed by atoms with Crippen molar-refractivity contribution in [2.45, 2.75) is 75.5 Å². The molecular formula is C21H31N3O3. The van der Waals surface area contributed by atoms with Gasteiger partial charge < -0.3 is 20.1 Å². The lowest BCUT2D eigenvalue weighted by Crippen LogP contribution is -2.55. The molecule has 3 fully saturated rings. The molecule has 2 heterocycles. The number of hydrogen-bond acceptors (Lipinski definition) is 6. The van der Waals surface area contributed by atoms with E-state index in [1.807, 2.05) is 17.2 Å². The standard InChI is InChI=1S/C21H31N3O3/c1-27-21(26)17-11-15(14-7-8-14)12-22-20(17)24-10-9-18(19(25)13-24)23-16-5-3-2-4-6-16/h11-12,14,16,18-19,23,25H,2-10,13H2,1H3. The maximum Gasteiger partial charge on any atom is 0.341 e. The summed E-state index contributed by atoms with van der Waals surface area (Å²) in [6, 6.07) is 2.59. The van der Waals surface area contributed by atoms with Gasteiger partial charge in [0.2, 0.25) is 0 Å². The van der Waals surface area contributed by atoms with Crippen LogP contribution >= 0.6 is 0 Å². The van der Waals surface area contributed by atoms with Gasteiger partial charge in [-0.15, -0.1) is 0 Å². The molecule has 6 heteroatoms. The van der Waals surface area contributed by atoms with Gasteiger partial charge in [-0.1, -0.05) is 19.3 Å². The highest BCUT2D eigenvalue weighted by molar-refractivity contribution is 5.95. The minimum atomic E-state index is -0.462. The molecule has 2 unspecified atom stereocenters. The Labute approximate surface area is 161 Å². The fraction of sp³-hybridized carbons (Fsp3) is 0.714. The fourth-order valence-electron chi connectivity index (χ4n) is 4.52. The summed E-state index contributed by atoms with van der Waals surface area (Å²) >= 11 is 0. The van der Waals surface area contributed by atoms with Crippen LogP contribution in [0.2, 0.25) is 0 Å². The number of carbonyl (C=O) groups excluding carboxylic acids is 1. The van der Waals surface area contributed by atoms with Crippen LogP contribution in [0.4, 0.5) is 5.82 Å². The molecule has 1 saturated heterocycles. The molecule has 0 radical (unpaired) electrons. The van der Waals surface area contributed by atoms with Crippen LogP contribution in [0, 0.1) is 0 Å². The molecule has 2 saturated carbocycles. The van der Waals surface area contributed by atoms with Crippen LogP contribution in [0.3, 0.4) is 0 Å². The number of nitrogens with one attached hydrogen (secondary N) is 1. The van der Waals surface area contributed by atoms with Crippen LogP contribution in [0.25, 0.3) is 0 Å². The Balaban J connectivity index is 1.45. The Hall–Kier alpha value is -1.66. The number of esters is 1. The summed E-state index contributed by atoms with van der Waals surface area (Å²) in [5.41, 5.74) is 1.64. The summed E-state index contributed by atoms with van der Waals surface area (Å²) in [5, 5.41) is 14.4. The van der Waals surface area contributed by atoms with Gasteiger partial charge >= 0.3 is 5.97 Å². The number of pyridine rings is 1. The van der Waals surface area contributed by atoms with Gasteiger partial charge in [0.15, 0.2) is 0 Å². The van der Waals surface area contributed by atoms with E-state index >= 15 is 0 Å². The number of piperidine rings is 1. The second kappa shape index (κ2) is 8.15. The number of nitrogens with zero attached hydrogens (tertiary/aromatic N) is 2. The Morgan fingerprint density at radius 3 is 2.67 bits per heavy atom. The topological polar surface area (TPSA) is 74.7 Å². The first-order valence-corrected chi connectivity index (χ1v) is 10.4. The molecule has 6 nitrogen and oxygen atoms in total. The zero-order chi connectivity index (χ0) is 18.8. The summed E-state index contributed by atoms with van der Waals surface area (Å²) in [6.45, 7) is 1.27. The predicted molar refractivity (Wildman–Crippen MR) is 104 cm³/mol. The van der Waals surface area contributed by atoms with Gasteiger partial charge in [0.25, 0.3) is 0 Å². The number of aromatic nitrogens is 1. The molecule has 1 aromatic rings. The molecule has 4 rings (SSSR count). The first-order chi connectivity index (χ1) is 13.2. The number of anilines is 1. The van der Waals surface area contributed by atoms with E-state index in [0.717, 1.165) is 18.5 Å². The number of rotatable bonds is 5. The Morgan fingerprint density at radius 2 is 2.00 bits per heavy atom. The van der Waals surface area contributed by atoms with Crippen LogP contribution in [0.15, 0.2) is 12.3 Å². The van der Waals surface area contributed by atoms with E-state index in [1.165, 1.54) is 52.1 Å². The third-order valence-corrected chi connectivity index (χ3v) is 6.28. The molecule has 2 N–H and O–H groups in total. The number of β-amino-alcohol motifs (C(OH)–C–C–N with tert-alkyl or cyclic N) is 1. The summed E-state index contributed by atoms with van der Waals surface area (Å²) in [4.78, 5) is 19.0. The number of ether oxygens (including phenoxy) is 1. The quantitative estimate of drug-likeness (QED) is 0.773. The maximum atomic E-state index is 12.3. The molecule has 1 aliphatic heterocycles. The van der Waals surface area contributed by atoms with Crippen molar-refractivity contribution < 1.29 is 14.6 Å². The van der Waals surface area contributed by atoms with Crippen LogP contribution in [-0.2, 0) is 4.74 Å². The lowest BCUT2D eigenvalue weighted by molar-refractivity contribution is 0.0599. The van der Waals surface area contributed by atoms with Crippen LogP contribution < -0.4 is 10.2 Å². The summed E-state index contributed by atoms with van der Waals surface area (Å²) in [7, 11) is 1.41. The number of methoxy groups -OCH3 is 1. The lowest BCUT2D eigenvalue weighted by Gasteiger charge is -2.39. The second-order valence-electron chi connectivity index (χ2n) is 8.32. The zero-order valence-electron chi connectivity index (χ0n) is 16.2. The monoisotopic (exact) mass is 373 g/mol. The van der Waals surface area contributed by atoms with Gasteiger partial charge in [-0.25, -0.2) is 9.78 Å². The first kappa shape index (κ1) is 18.7. The van der Waals surface area contributed by atoms with Crippen molar-refractivity contribution in [3.8, 4) is 0 Å². The van der Waals surface area contributed by atoms with Crippen LogP contribution in [0.5, 0.6) is 0 Å². The summed E-state index contributed by atoms with van der Waals surface area (Å²) in [5.74, 6) is 0.823. The van der Waals surface area contributed by atoms with E-state index in [4.69, 9.17) is 4.74 Å². The Kier molecular flexibility index (Phi) is 5.64. The van der Waals surface area contributed by atoms with Crippen molar-refractivity contribution in [2.24, 2.45) is 0 Å². The second-order valence-corrected chi connectivity index (χ2v) is 8.32. The van der Waals surface area contributed by atoms with Gasteiger partial charge in [-0.05, 0) is 49.7 Å². The molecule has 148 valence electrons. The number of aliphatic hydroxyl groups is 1. The van der Waals surface area contributed by atoms with Gasteiger partial charge in [-0.2, -0.15) is 0 Å². The molecule has 0 amide bonds. The van der Waals surface area contributed by atoms with E-state index in [2.05, 4.69) is 10.3 Å². The maximum absolute atomic E-state index is 12.3. The van der Waals surface area contributed by atoms with E-state index in [-0.39, 0.29) is 12.0 Å². The molecule has 2 aliphatic carbocycles. The third-order valence-electron chi connectivity index (χ3n) is 6.28. The molecule has 0 aromatic carbocycles. The fourth-order valence-corrected chi connectivity index (χ4v) is 4.52. The number of hydrogen-bond donors (Lipinski definition) is 2. The predicted octanol–water partition coefficient (Wildman–Crippen LogP) is 2.61. The normalized spacial score (nSPS) is 26.8. The van der Waals surface area contributed by atoms with E-state index in [9.17, 15) is 9.90 Å².